The summed E-state index contributed by atoms with van der Waals surface area (Å²) in [7, 11) is 0. The van der Waals surface area contributed by atoms with Crippen molar-refractivity contribution in [2.75, 3.05) is 6.54 Å². The van der Waals surface area contributed by atoms with Gasteiger partial charge in [-0.3, -0.25) is 0 Å². The molecule has 0 amide bonds. The highest BCUT2D eigenvalue weighted by Crippen LogP contribution is 2.34. The molecule has 0 radical (unpaired) electrons. The lowest BCUT2D eigenvalue weighted by atomic mass is 9.92. The van der Waals surface area contributed by atoms with Crippen molar-refractivity contribution in [2.45, 2.75) is 39.7 Å². The van der Waals surface area contributed by atoms with E-state index in [-0.39, 0.29) is 0 Å². The molecular formula is C16H23NS. The second-order valence-electron chi connectivity index (χ2n) is 5.00. The summed E-state index contributed by atoms with van der Waals surface area (Å²) in [5.74, 6) is 0.676. The highest BCUT2D eigenvalue weighted by Gasteiger charge is 2.20. The number of rotatable bonds is 6. The molecule has 1 heterocycles. The second kappa shape index (κ2) is 6.35. The van der Waals surface area contributed by atoms with Crippen molar-refractivity contribution in [1.29, 1.82) is 0 Å². The van der Waals surface area contributed by atoms with Crippen molar-refractivity contribution < 1.29 is 0 Å². The number of thiophene rings is 1. The Bertz CT molecular complexity index is 489. The first-order valence-corrected chi connectivity index (χ1v) is 7.85. The quantitative estimate of drug-likeness (QED) is 0.772. The molecule has 0 aliphatic heterocycles. The normalized spacial score (nSPS) is 14.8. The SMILES string of the molecule is CCCNC(c1csc2ccccc12)C(C)CC. The van der Waals surface area contributed by atoms with Crippen LogP contribution in [0.2, 0.25) is 0 Å². The predicted octanol–water partition coefficient (Wildman–Crippen LogP) is 4.99. The number of nitrogens with one attached hydrogen (secondary N) is 1. The van der Waals surface area contributed by atoms with Crippen LogP contribution in [0.15, 0.2) is 29.6 Å². The Labute approximate surface area is 114 Å². The van der Waals surface area contributed by atoms with Crippen LogP contribution in [0.4, 0.5) is 0 Å². The van der Waals surface area contributed by atoms with E-state index in [1.54, 1.807) is 0 Å². The molecule has 0 aliphatic carbocycles. The van der Waals surface area contributed by atoms with E-state index < -0.39 is 0 Å². The fourth-order valence-corrected chi connectivity index (χ4v) is 3.39. The first-order chi connectivity index (χ1) is 8.77. The van der Waals surface area contributed by atoms with Gasteiger partial charge in [0.1, 0.15) is 0 Å². The van der Waals surface area contributed by atoms with Gasteiger partial charge in [0.25, 0.3) is 0 Å². The van der Waals surface area contributed by atoms with Gasteiger partial charge in [0, 0.05) is 10.7 Å². The van der Waals surface area contributed by atoms with E-state index in [1.807, 2.05) is 11.3 Å². The maximum Gasteiger partial charge on any atom is 0.0360 e. The Balaban J connectivity index is 2.34. The fourth-order valence-electron chi connectivity index (χ4n) is 2.39. The summed E-state index contributed by atoms with van der Waals surface area (Å²) in [5, 5.41) is 7.49. The van der Waals surface area contributed by atoms with Crippen molar-refractivity contribution in [2.24, 2.45) is 5.92 Å². The number of benzene rings is 1. The molecule has 2 aromatic rings. The van der Waals surface area contributed by atoms with Gasteiger partial charge in [0.05, 0.1) is 0 Å². The molecule has 1 aromatic carbocycles. The molecule has 0 fully saturated rings. The topological polar surface area (TPSA) is 12.0 Å². The maximum absolute atomic E-state index is 3.72. The molecule has 0 saturated carbocycles. The first kappa shape index (κ1) is 13.6. The lowest BCUT2D eigenvalue weighted by Gasteiger charge is -2.24. The summed E-state index contributed by atoms with van der Waals surface area (Å²) in [4.78, 5) is 0. The Hall–Kier alpha value is -0.860. The van der Waals surface area contributed by atoms with Crippen LogP contribution in [0.5, 0.6) is 0 Å². The average molecular weight is 261 g/mol. The van der Waals surface area contributed by atoms with Crippen LogP contribution in [0, 0.1) is 5.92 Å². The van der Waals surface area contributed by atoms with Gasteiger partial charge in [-0.1, -0.05) is 45.4 Å². The van der Waals surface area contributed by atoms with E-state index in [0.29, 0.717) is 12.0 Å². The summed E-state index contributed by atoms with van der Waals surface area (Å²) < 4.78 is 1.40. The van der Waals surface area contributed by atoms with Crippen LogP contribution in [-0.4, -0.2) is 6.54 Å². The van der Waals surface area contributed by atoms with Gasteiger partial charge in [-0.2, -0.15) is 0 Å². The Morgan fingerprint density at radius 1 is 1.22 bits per heavy atom. The van der Waals surface area contributed by atoms with Crippen LogP contribution in [0.3, 0.4) is 0 Å². The molecule has 0 spiro atoms. The Morgan fingerprint density at radius 3 is 2.72 bits per heavy atom. The van der Waals surface area contributed by atoms with Gasteiger partial charge in [0.2, 0.25) is 0 Å². The van der Waals surface area contributed by atoms with Crippen molar-refractivity contribution >= 4 is 21.4 Å². The third-order valence-electron chi connectivity index (χ3n) is 3.67. The molecule has 1 nitrogen and oxygen atoms in total. The van der Waals surface area contributed by atoms with Gasteiger partial charge in [-0.15, -0.1) is 11.3 Å². The largest absolute Gasteiger partial charge is 0.310 e. The third-order valence-corrected chi connectivity index (χ3v) is 4.65. The van der Waals surface area contributed by atoms with Gasteiger partial charge >= 0.3 is 0 Å². The molecule has 18 heavy (non-hydrogen) atoms. The lowest BCUT2D eigenvalue weighted by Crippen LogP contribution is -2.27. The third kappa shape index (κ3) is 2.76. The van der Waals surface area contributed by atoms with Crippen LogP contribution >= 0.6 is 11.3 Å². The molecule has 0 aliphatic rings. The lowest BCUT2D eigenvalue weighted by molar-refractivity contribution is 0.380. The van der Waals surface area contributed by atoms with E-state index in [0.717, 1.165) is 6.54 Å². The predicted molar refractivity (Wildman–Crippen MR) is 82.3 cm³/mol. The minimum Gasteiger partial charge on any atom is -0.310 e. The van der Waals surface area contributed by atoms with Crippen LogP contribution < -0.4 is 5.32 Å². The Kier molecular flexibility index (Phi) is 4.79. The van der Waals surface area contributed by atoms with E-state index in [2.05, 4.69) is 55.7 Å². The zero-order valence-electron chi connectivity index (χ0n) is 11.6. The van der Waals surface area contributed by atoms with Crippen molar-refractivity contribution in [1.82, 2.24) is 5.32 Å². The summed E-state index contributed by atoms with van der Waals surface area (Å²) in [6.07, 6.45) is 2.40. The van der Waals surface area contributed by atoms with Gasteiger partial charge in [0.15, 0.2) is 0 Å². The Morgan fingerprint density at radius 2 is 2.00 bits per heavy atom. The van der Waals surface area contributed by atoms with Crippen LogP contribution in [0.25, 0.3) is 10.1 Å². The number of hydrogen-bond acceptors (Lipinski definition) is 2. The molecule has 1 N–H and O–H groups in total. The molecule has 2 heteroatoms. The van der Waals surface area contributed by atoms with E-state index in [1.165, 1.54) is 28.5 Å². The molecule has 98 valence electrons. The van der Waals surface area contributed by atoms with Gasteiger partial charge in [-0.05, 0) is 41.3 Å². The minimum absolute atomic E-state index is 0.492. The van der Waals surface area contributed by atoms with E-state index in [9.17, 15) is 0 Å². The minimum atomic E-state index is 0.492. The molecule has 0 bridgehead atoms. The first-order valence-electron chi connectivity index (χ1n) is 6.97. The molecule has 2 unspecified atom stereocenters. The molecule has 2 rings (SSSR count). The fraction of sp³-hybridized carbons (Fsp3) is 0.500. The van der Waals surface area contributed by atoms with E-state index in [4.69, 9.17) is 0 Å². The van der Waals surface area contributed by atoms with Crippen LogP contribution in [-0.2, 0) is 0 Å². The second-order valence-corrected chi connectivity index (χ2v) is 5.92. The zero-order chi connectivity index (χ0) is 13.0. The maximum atomic E-state index is 3.72. The highest BCUT2D eigenvalue weighted by atomic mass is 32.1. The number of hydrogen-bond donors (Lipinski definition) is 1. The molecule has 2 atom stereocenters. The summed E-state index contributed by atoms with van der Waals surface area (Å²) in [6.45, 7) is 7.95. The number of fused-ring (bicyclic) bond motifs is 1. The smallest absolute Gasteiger partial charge is 0.0360 e. The van der Waals surface area contributed by atoms with Gasteiger partial charge in [-0.25, -0.2) is 0 Å². The van der Waals surface area contributed by atoms with Crippen molar-refractivity contribution in [3.63, 3.8) is 0 Å². The monoisotopic (exact) mass is 261 g/mol. The van der Waals surface area contributed by atoms with Crippen molar-refractivity contribution in [3.8, 4) is 0 Å². The molecular weight excluding hydrogens is 238 g/mol. The highest BCUT2D eigenvalue weighted by molar-refractivity contribution is 7.17. The molecule has 1 aromatic heterocycles. The molecule has 0 saturated heterocycles. The summed E-state index contributed by atoms with van der Waals surface area (Å²) in [6, 6.07) is 9.24. The zero-order valence-corrected chi connectivity index (χ0v) is 12.4. The average Bonchev–Trinajstić information content (AvgIpc) is 2.83. The van der Waals surface area contributed by atoms with Crippen LogP contribution in [0.1, 0.15) is 45.2 Å². The summed E-state index contributed by atoms with van der Waals surface area (Å²) in [5.41, 5.74) is 1.48. The van der Waals surface area contributed by atoms with Gasteiger partial charge < -0.3 is 5.32 Å². The standard InChI is InChI=1S/C16H23NS/c1-4-10-17-16(12(3)5-2)14-11-18-15-9-7-6-8-13(14)15/h6-9,11-12,16-17H,4-5,10H2,1-3H3. The van der Waals surface area contributed by atoms with Crippen molar-refractivity contribution in [3.05, 3.63) is 35.2 Å². The summed E-state index contributed by atoms with van der Waals surface area (Å²) >= 11 is 1.86. The van der Waals surface area contributed by atoms with E-state index >= 15 is 0 Å².